The van der Waals surface area contributed by atoms with Crippen LogP contribution in [-0.2, 0) is 9.53 Å². The highest BCUT2D eigenvalue weighted by Crippen LogP contribution is 2.27. The summed E-state index contributed by atoms with van der Waals surface area (Å²) in [6, 6.07) is 3.70. The van der Waals surface area contributed by atoms with Crippen molar-refractivity contribution in [1.29, 1.82) is 0 Å². The van der Waals surface area contributed by atoms with Gasteiger partial charge < -0.3 is 14.8 Å². The molecule has 0 aliphatic heterocycles. The molecule has 0 aliphatic carbocycles. The van der Waals surface area contributed by atoms with Gasteiger partial charge in [-0.3, -0.25) is 10.1 Å². The molecule has 1 rings (SSSR count). The molecule has 116 valence electrons. The molecular weight excluding hydrogens is 276 g/mol. The predicted molar refractivity (Wildman–Crippen MR) is 78.6 cm³/mol. The van der Waals surface area contributed by atoms with E-state index in [2.05, 4.69) is 5.32 Å². The summed E-state index contributed by atoms with van der Waals surface area (Å²) >= 11 is 0. The van der Waals surface area contributed by atoms with Crippen molar-refractivity contribution in [2.24, 2.45) is 0 Å². The van der Waals surface area contributed by atoms with Crippen molar-refractivity contribution >= 4 is 17.3 Å². The van der Waals surface area contributed by atoms with Gasteiger partial charge in [0.05, 0.1) is 23.7 Å². The van der Waals surface area contributed by atoms with Crippen LogP contribution in [0.3, 0.4) is 0 Å². The normalized spacial score (nSPS) is 11.9. The quantitative estimate of drug-likeness (QED) is 0.472. The molecule has 1 atom stereocenters. The van der Waals surface area contributed by atoms with Crippen LogP contribution in [0.5, 0.6) is 5.75 Å². The zero-order chi connectivity index (χ0) is 16.0. The van der Waals surface area contributed by atoms with Crippen LogP contribution in [-0.4, -0.2) is 29.6 Å². The molecule has 1 N–H and O–H groups in total. The molecule has 0 aliphatic rings. The SMILES string of the molecule is CCOC(=O)C(C)Nc1cc(OC(C)C)cc([N+](=O)[O-])c1. The number of benzene rings is 1. The Labute approximate surface area is 123 Å². The minimum atomic E-state index is -0.612. The lowest BCUT2D eigenvalue weighted by Crippen LogP contribution is -2.28. The number of anilines is 1. The average molecular weight is 296 g/mol. The summed E-state index contributed by atoms with van der Waals surface area (Å²) in [5, 5.41) is 13.8. The van der Waals surface area contributed by atoms with Crippen molar-refractivity contribution in [3.63, 3.8) is 0 Å². The predicted octanol–water partition coefficient (Wildman–Crippen LogP) is 2.75. The number of hydrogen-bond acceptors (Lipinski definition) is 6. The first-order valence-electron chi connectivity index (χ1n) is 6.72. The fraction of sp³-hybridized carbons (Fsp3) is 0.500. The van der Waals surface area contributed by atoms with E-state index in [1.54, 1.807) is 19.9 Å². The Morgan fingerprint density at radius 2 is 2.00 bits per heavy atom. The number of rotatable bonds is 7. The minimum Gasteiger partial charge on any atom is -0.491 e. The highest BCUT2D eigenvalue weighted by atomic mass is 16.6. The third-order valence-electron chi connectivity index (χ3n) is 2.50. The van der Waals surface area contributed by atoms with Crippen LogP contribution in [0, 0.1) is 10.1 Å². The molecule has 1 aromatic rings. The van der Waals surface area contributed by atoms with Gasteiger partial charge in [-0.2, -0.15) is 0 Å². The number of nitro benzene ring substituents is 1. The lowest BCUT2D eigenvalue weighted by molar-refractivity contribution is -0.384. The summed E-state index contributed by atoms with van der Waals surface area (Å²) in [7, 11) is 0. The van der Waals surface area contributed by atoms with Gasteiger partial charge in [-0.05, 0) is 27.7 Å². The van der Waals surface area contributed by atoms with Crippen LogP contribution < -0.4 is 10.1 Å². The maximum Gasteiger partial charge on any atom is 0.328 e. The topological polar surface area (TPSA) is 90.7 Å². The Kier molecular flexibility index (Phi) is 5.95. The van der Waals surface area contributed by atoms with E-state index in [4.69, 9.17) is 9.47 Å². The molecule has 0 aromatic heterocycles. The number of hydrogen-bond donors (Lipinski definition) is 1. The van der Waals surface area contributed by atoms with Crippen molar-refractivity contribution < 1.29 is 19.2 Å². The summed E-state index contributed by atoms with van der Waals surface area (Å²) < 4.78 is 10.4. The summed E-state index contributed by atoms with van der Waals surface area (Å²) in [5.41, 5.74) is 0.326. The Balaban J connectivity index is 2.97. The van der Waals surface area contributed by atoms with Gasteiger partial charge in [0.15, 0.2) is 0 Å². The van der Waals surface area contributed by atoms with Crippen LogP contribution in [0.1, 0.15) is 27.7 Å². The third kappa shape index (κ3) is 5.29. The van der Waals surface area contributed by atoms with Gasteiger partial charge in [0.1, 0.15) is 11.8 Å². The largest absolute Gasteiger partial charge is 0.491 e. The zero-order valence-corrected chi connectivity index (χ0v) is 12.6. The van der Waals surface area contributed by atoms with Crippen molar-refractivity contribution in [2.75, 3.05) is 11.9 Å². The lowest BCUT2D eigenvalue weighted by atomic mass is 10.2. The highest BCUT2D eigenvalue weighted by Gasteiger charge is 2.17. The van der Waals surface area contributed by atoms with Gasteiger partial charge in [0.25, 0.3) is 5.69 Å². The maximum absolute atomic E-state index is 11.6. The maximum atomic E-state index is 11.6. The summed E-state index contributed by atoms with van der Waals surface area (Å²) in [6.45, 7) is 7.27. The first-order valence-corrected chi connectivity index (χ1v) is 6.72. The average Bonchev–Trinajstić information content (AvgIpc) is 2.37. The van der Waals surface area contributed by atoms with E-state index in [0.29, 0.717) is 11.4 Å². The molecule has 7 nitrogen and oxygen atoms in total. The molecule has 1 aromatic carbocycles. The zero-order valence-electron chi connectivity index (χ0n) is 12.6. The molecule has 0 fully saturated rings. The molecule has 0 heterocycles. The molecular formula is C14H20N2O5. The second kappa shape index (κ2) is 7.47. The molecule has 7 heteroatoms. The molecule has 0 radical (unpaired) electrons. The third-order valence-corrected chi connectivity index (χ3v) is 2.50. The van der Waals surface area contributed by atoms with E-state index in [1.165, 1.54) is 12.1 Å². The van der Waals surface area contributed by atoms with E-state index in [0.717, 1.165) is 0 Å². The number of carbonyl (C=O) groups is 1. The second-order valence-corrected chi connectivity index (χ2v) is 4.76. The molecule has 0 amide bonds. The van der Waals surface area contributed by atoms with Crippen molar-refractivity contribution in [2.45, 2.75) is 39.8 Å². The highest BCUT2D eigenvalue weighted by molar-refractivity contribution is 5.79. The number of ether oxygens (including phenoxy) is 2. The smallest absolute Gasteiger partial charge is 0.328 e. The Bertz CT molecular complexity index is 516. The van der Waals surface area contributed by atoms with Crippen LogP contribution in [0.15, 0.2) is 18.2 Å². The van der Waals surface area contributed by atoms with E-state index >= 15 is 0 Å². The molecule has 0 spiro atoms. The van der Waals surface area contributed by atoms with Crippen LogP contribution in [0.25, 0.3) is 0 Å². The molecule has 0 bridgehead atoms. The van der Waals surface area contributed by atoms with Crippen LogP contribution in [0.2, 0.25) is 0 Å². The minimum absolute atomic E-state index is 0.105. The lowest BCUT2D eigenvalue weighted by Gasteiger charge is -2.15. The van der Waals surface area contributed by atoms with E-state index in [9.17, 15) is 14.9 Å². The molecule has 0 saturated carbocycles. The molecule has 0 saturated heterocycles. The Morgan fingerprint density at radius 1 is 1.33 bits per heavy atom. The number of nitrogens with zero attached hydrogens (tertiary/aromatic N) is 1. The van der Waals surface area contributed by atoms with Gasteiger partial charge in [-0.1, -0.05) is 0 Å². The van der Waals surface area contributed by atoms with Gasteiger partial charge in [0.2, 0.25) is 0 Å². The van der Waals surface area contributed by atoms with Gasteiger partial charge >= 0.3 is 5.97 Å². The summed E-state index contributed by atoms with van der Waals surface area (Å²) in [5.74, 6) is -0.0481. The Hall–Kier alpha value is -2.31. The first kappa shape index (κ1) is 16.7. The Morgan fingerprint density at radius 3 is 2.52 bits per heavy atom. The van der Waals surface area contributed by atoms with E-state index in [-0.39, 0.29) is 18.4 Å². The monoisotopic (exact) mass is 296 g/mol. The fourth-order valence-corrected chi connectivity index (χ4v) is 1.69. The number of carbonyl (C=O) groups excluding carboxylic acids is 1. The summed E-state index contributed by atoms with van der Waals surface area (Å²) in [6.07, 6.45) is -0.109. The fourth-order valence-electron chi connectivity index (χ4n) is 1.69. The second-order valence-electron chi connectivity index (χ2n) is 4.76. The van der Waals surface area contributed by atoms with Crippen LogP contribution >= 0.6 is 0 Å². The van der Waals surface area contributed by atoms with Crippen molar-refractivity contribution in [1.82, 2.24) is 0 Å². The van der Waals surface area contributed by atoms with E-state index in [1.807, 2.05) is 13.8 Å². The number of esters is 1. The standard InChI is InChI=1S/C14H20N2O5/c1-5-20-14(17)10(4)15-11-6-12(16(18)19)8-13(7-11)21-9(2)3/h6-10,15H,5H2,1-4H3. The number of nitro groups is 1. The molecule has 1 unspecified atom stereocenters. The number of non-ortho nitro benzene ring substituents is 1. The number of nitrogens with one attached hydrogen (secondary N) is 1. The summed E-state index contributed by atoms with van der Waals surface area (Å²) in [4.78, 5) is 22.0. The van der Waals surface area contributed by atoms with Crippen molar-refractivity contribution in [3.05, 3.63) is 28.3 Å². The van der Waals surface area contributed by atoms with Crippen molar-refractivity contribution in [3.8, 4) is 5.75 Å². The van der Waals surface area contributed by atoms with Gasteiger partial charge in [0, 0.05) is 17.8 Å². The van der Waals surface area contributed by atoms with E-state index < -0.39 is 16.9 Å². The first-order chi connectivity index (χ1) is 9.83. The van der Waals surface area contributed by atoms with Gasteiger partial charge in [-0.15, -0.1) is 0 Å². The van der Waals surface area contributed by atoms with Crippen LogP contribution in [0.4, 0.5) is 11.4 Å². The van der Waals surface area contributed by atoms with Gasteiger partial charge in [-0.25, -0.2) is 4.79 Å². The molecule has 21 heavy (non-hydrogen) atoms.